The molecule has 1 saturated heterocycles. The third-order valence-corrected chi connectivity index (χ3v) is 3.88. The molecule has 1 aromatic heterocycles. The molecule has 0 aromatic carbocycles. The van der Waals surface area contributed by atoms with Gasteiger partial charge in [0.2, 0.25) is 5.89 Å². The van der Waals surface area contributed by atoms with E-state index in [1.54, 1.807) is 0 Å². The van der Waals surface area contributed by atoms with Gasteiger partial charge in [-0.15, -0.1) is 0 Å². The maximum absolute atomic E-state index is 12.7. The first-order chi connectivity index (χ1) is 10.6. The number of imide groups is 1. The normalized spacial score (nSPS) is 17.1. The topological polar surface area (TPSA) is 88.3 Å². The highest BCUT2D eigenvalue weighted by atomic mass is 16.5. The van der Waals surface area contributed by atoms with Gasteiger partial charge in [0.15, 0.2) is 5.82 Å². The van der Waals surface area contributed by atoms with Crippen molar-refractivity contribution in [3.05, 3.63) is 11.7 Å². The lowest BCUT2D eigenvalue weighted by Gasteiger charge is -2.25. The van der Waals surface area contributed by atoms with Crippen LogP contribution < -0.4 is 5.32 Å². The number of nitrogens with zero attached hydrogens (tertiary/aromatic N) is 3. The van der Waals surface area contributed by atoms with Gasteiger partial charge in [0, 0.05) is 6.42 Å². The zero-order chi connectivity index (χ0) is 16.2. The Balaban J connectivity index is 2.13. The van der Waals surface area contributed by atoms with E-state index in [2.05, 4.69) is 15.5 Å². The zero-order valence-corrected chi connectivity index (χ0v) is 13.5. The molecule has 1 N–H and O–H groups in total. The Kier molecular flexibility index (Phi) is 5.15. The summed E-state index contributed by atoms with van der Waals surface area (Å²) >= 11 is 0. The second kappa shape index (κ2) is 6.89. The van der Waals surface area contributed by atoms with Crippen molar-refractivity contribution in [3.8, 4) is 0 Å². The summed E-state index contributed by atoms with van der Waals surface area (Å²) in [6.07, 6.45) is 4.60. The van der Waals surface area contributed by atoms with Gasteiger partial charge in [0.1, 0.15) is 12.1 Å². The number of rotatable bonds is 8. The lowest BCUT2D eigenvalue weighted by molar-refractivity contribution is -0.132. The van der Waals surface area contributed by atoms with Gasteiger partial charge in [-0.25, -0.2) is 4.79 Å². The van der Waals surface area contributed by atoms with Gasteiger partial charge in [0.25, 0.3) is 5.91 Å². The number of nitrogens with one attached hydrogen (secondary N) is 1. The van der Waals surface area contributed by atoms with Crippen molar-refractivity contribution < 1.29 is 14.1 Å². The predicted molar refractivity (Wildman–Crippen MR) is 79.9 cm³/mol. The van der Waals surface area contributed by atoms with Gasteiger partial charge in [-0.05, 0) is 19.3 Å². The van der Waals surface area contributed by atoms with Crippen LogP contribution >= 0.6 is 0 Å². The smallest absolute Gasteiger partial charge is 0.325 e. The first-order valence-corrected chi connectivity index (χ1v) is 8.01. The van der Waals surface area contributed by atoms with Gasteiger partial charge in [-0.3, -0.25) is 9.69 Å². The summed E-state index contributed by atoms with van der Waals surface area (Å²) in [5, 5.41) is 6.72. The van der Waals surface area contributed by atoms with E-state index in [0.29, 0.717) is 24.6 Å². The highest BCUT2D eigenvalue weighted by molar-refractivity contribution is 6.06. The van der Waals surface area contributed by atoms with E-state index in [-0.39, 0.29) is 18.5 Å². The van der Waals surface area contributed by atoms with Crippen LogP contribution in [-0.4, -0.2) is 32.5 Å². The summed E-state index contributed by atoms with van der Waals surface area (Å²) < 4.78 is 5.13. The summed E-state index contributed by atoms with van der Waals surface area (Å²) in [6.45, 7) is 6.08. The van der Waals surface area contributed by atoms with E-state index in [1.807, 2.05) is 20.8 Å². The Morgan fingerprint density at radius 3 is 2.41 bits per heavy atom. The molecule has 1 aromatic rings. The maximum Gasteiger partial charge on any atom is 0.325 e. The molecule has 1 aliphatic rings. The van der Waals surface area contributed by atoms with Crippen LogP contribution in [0.2, 0.25) is 0 Å². The summed E-state index contributed by atoms with van der Waals surface area (Å²) in [4.78, 5) is 30.3. The third-order valence-electron chi connectivity index (χ3n) is 3.88. The average molecular weight is 308 g/mol. The minimum atomic E-state index is -0.771. The van der Waals surface area contributed by atoms with Crippen molar-refractivity contribution in [2.24, 2.45) is 0 Å². The van der Waals surface area contributed by atoms with Gasteiger partial charge < -0.3 is 9.84 Å². The Morgan fingerprint density at radius 2 is 1.82 bits per heavy atom. The molecule has 2 heterocycles. The highest BCUT2D eigenvalue weighted by Gasteiger charge is 2.50. The molecule has 0 bridgehead atoms. The molecule has 1 aliphatic heterocycles. The van der Waals surface area contributed by atoms with Crippen LogP contribution in [0.15, 0.2) is 4.52 Å². The molecule has 2 rings (SSSR count). The van der Waals surface area contributed by atoms with Crippen LogP contribution in [0, 0.1) is 0 Å². The third kappa shape index (κ3) is 3.13. The molecule has 0 aliphatic carbocycles. The van der Waals surface area contributed by atoms with Gasteiger partial charge in [-0.2, -0.15) is 4.98 Å². The van der Waals surface area contributed by atoms with Crippen molar-refractivity contribution in [2.45, 2.75) is 71.4 Å². The predicted octanol–water partition coefficient (Wildman–Crippen LogP) is 2.41. The summed E-state index contributed by atoms with van der Waals surface area (Å²) in [5.41, 5.74) is -0.771. The molecular formula is C15H24N4O3. The lowest BCUT2D eigenvalue weighted by Crippen LogP contribution is -2.46. The van der Waals surface area contributed by atoms with Crippen LogP contribution in [0.1, 0.15) is 64.6 Å². The van der Waals surface area contributed by atoms with E-state index in [1.165, 1.54) is 4.90 Å². The largest absolute Gasteiger partial charge is 0.337 e. The fourth-order valence-corrected chi connectivity index (χ4v) is 2.95. The van der Waals surface area contributed by atoms with Crippen molar-refractivity contribution >= 4 is 11.9 Å². The number of carbonyl (C=O) groups is 2. The van der Waals surface area contributed by atoms with Crippen molar-refractivity contribution in [1.29, 1.82) is 0 Å². The van der Waals surface area contributed by atoms with Crippen molar-refractivity contribution in [2.75, 3.05) is 0 Å². The second-order valence-corrected chi connectivity index (χ2v) is 5.76. The zero-order valence-electron chi connectivity index (χ0n) is 13.5. The average Bonchev–Trinajstić information content (AvgIpc) is 3.00. The molecule has 22 heavy (non-hydrogen) atoms. The minimum absolute atomic E-state index is 0.0383. The highest BCUT2D eigenvalue weighted by Crippen LogP contribution is 2.28. The lowest BCUT2D eigenvalue weighted by atomic mass is 9.88. The van der Waals surface area contributed by atoms with E-state index in [9.17, 15) is 9.59 Å². The van der Waals surface area contributed by atoms with Crippen molar-refractivity contribution in [1.82, 2.24) is 20.4 Å². The molecule has 1 fully saturated rings. The van der Waals surface area contributed by atoms with Crippen LogP contribution in [0.5, 0.6) is 0 Å². The molecule has 0 radical (unpaired) electrons. The molecule has 0 unspecified atom stereocenters. The van der Waals surface area contributed by atoms with Crippen molar-refractivity contribution in [3.63, 3.8) is 0 Å². The molecular weight excluding hydrogens is 284 g/mol. The molecule has 3 amide bonds. The van der Waals surface area contributed by atoms with Crippen LogP contribution in [-0.2, 0) is 17.8 Å². The first kappa shape index (κ1) is 16.5. The Bertz CT molecular complexity index is 535. The monoisotopic (exact) mass is 308 g/mol. The second-order valence-electron chi connectivity index (χ2n) is 5.76. The standard InChI is InChI=1S/C15H24N4O3/c1-4-7-11-16-12(22-18-11)10-19-13(20)15(8-5-2,9-6-3)17-14(19)21/h4-10H2,1-3H3,(H,17,21). The van der Waals surface area contributed by atoms with Gasteiger partial charge in [-0.1, -0.05) is 38.8 Å². The van der Waals surface area contributed by atoms with Crippen LogP contribution in [0.25, 0.3) is 0 Å². The number of urea groups is 1. The molecule has 0 saturated carbocycles. The van der Waals surface area contributed by atoms with E-state index < -0.39 is 5.54 Å². The summed E-state index contributed by atoms with van der Waals surface area (Å²) in [6, 6.07) is -0.373. The number of hydrogen-bond acceptors (Lipinski definition) is 5. The number of aryl methyl sites for hydroxylation is 1. The number of hydrogen-bond donors (Lipinski definition) is 1. The van der Waals surface area contributed by atoms with Gasteiger partial charge >= 0.3 is 6.03 Å². The molecule has 0 atom stereocenters. The quantitative estimate of drug-likeness (QED) is 0.745. The van der Waals surface area contributed by atoms with E-state index in [0.717, 1.165) is 25.7 Å². The minimum Gasteiger partial charge on any atom is -0.337 e. The van der Waals surface area contributed by atoms with E-state index >= 15 is 0 Å². The number of amides is 3. The maximum atomic E-state index is 12.7. The fourth-order valence-electron chi connectivity index (χ4n) is 2.95. The fraction of sp³-hybridized carbons (Fsp3) is 0.733. The van der Waals surface area contributed by atoms with Gasteiger partial charge in [0.05, 0.1) is 0 Å². The molecule has 122 valence electrons. The molecule has 0 spiro atoms. The number of carbonyl (C=O) groups excluding carboxylic acids is 2. The summed E-state index contributed by atoms with van der Waals surface area (Å²) in [5.74, 6) is 0.727. The Labute approximate surface area is 130 Å². The SMILES string of the molecule is CCCc1noc(CN2C(=O)NC(CCC)(CCC)C2=O)n1. The number of aromatic nitrogens is 2. The van der Waals surface area contributed by atoms with Crippen LogP contribution in [0.3, 0.4) is 0 Å². The first-order valence-electron chi connectivity index (χ1n) is 8.01. The summed E-state index contributed by atoms with van der Waals surface area (Å²) in [7, 11) is 0. The Morgan fingerprint density at radius 1 is 1.14 bits per heavy atom. The molecule has 7 nitrogen and oxygen atoms in total. The Hall–Kier alpha value is -1.92. The van der Waals surface area contributed by atoms with E-state index in [4.69, 9.17) is 4.52 Å². The molecule has 7 heteroatoms. The van der Waals surface area contributed by atoms with Crippen LogP contribution in [0.4, 0.5) is 4.79 Å².